The van der Waals surface area contributed by atoms with Crippen molar-refractivity contribution in [3.05, 3.63) is 35.9 Å². The van der Waals surface area contributed by atoms with Gasteiger partial charge in [0.1, 0.15) is 0 Å². The van der Waals surface area contributed by atoms with Crippen LogP contribution < -0.4 is 5.32 Å². The van der Waals surface area contributed by atoms with Gasteiger partial charge in [-0.2, -0.15) is 0 Å². The third kappa shape index (κ3) is 5.05. The van der Waals surface area contributed by atoms with Crippen LogP contribution in [-0.4, -0.2) is 41.6 Å². The molecule has 1 saturated heterocycles. The fourth-order valence-corrected chi connectivity index (χ4v) is 4.34. The number of aliphatic hydroxyl groups excluding tert-OH is 1. The fourth-order valence-electron chi connectivity index (χ4n) is 4.34. The molecular weight excluding hydrogens is 312 g/mol. The van der Waals surface area contributed by atoms with Crippen LogP contribution in [0, 0.1) is 11.8 Å². The first-order chi connectivity index (χ1) is 12.1. The van der Waals surface area contributed by atoms with Crippen LogP contribution in [0.2, 0.25) is 0 Å². The molecule has 0 aromatic heterocycles. The van der Waals surface area contributed by atoms with Crippen molar-refractivity contribution in [3.8, 4) is 0 Å². The van der Waals surface area contributed by atoms with Gasteiger partial charge in [0.2, 0.25) is 5.91 Å². The summed E-state index contributed by atoms with van der Waals surface area (Å²) >= 11 is 0. The Kier molecular flexibility index (Phi) is 6.49. The molecule has 1 amide bonds. The van der Waals surface area contributed by atoms with E-state index < -0.39 is 0 Å². The molecular formula is C21H32N2O2. The summed E-state index contributed by atoms with van der Waals surface area (Å²) in [5.74, 6) is 1.06. The predicted octanol–water partition coefficient (Wildman–Crippen LogP) is 3.13. The summed E-state index contributed by atoms with van der Waals surface area (Å²) in [7, 11) is 0. The Hall–Kier alpha value is -1.39. The van der Waals surface area contributed by atoms with Crippen LogP contribution in [0.4, 0.5) is 0 Å². The maximum atomic E-state index is 12.4. The van der Waals surface area contributed by atoms with Gasteiger partial charge in [0.15, 0.2) is 0 Å². The summed E-state index contributed by atoms with van der Waals surface area (Å²) in [5, 5.41) is 13.8. The highest BCUT2D eigenvalue weighted by Gasteiger charge is 2.28. The van der Waals surface area contributed by atoms with Gasteiger partial charge in [0, 0.05) is 6.04 Å². The number of aliphatic hydroxyl groups is 1. The quantitative estimate of drug-likeness (QED) is 0.863. The highest BCUT2D eigenvalue weighted by atomic mass is 16.3. The molecule has 2 N–H and O–H groups in total. The van der Waals surface area contributed by atoms with Crippen LogP contribution in [0.5, 0.6) is 0 Å². The van der Waals surface area contributed by atoms with Gasteiger partial charge in [0.05, 0.1) is 12.6 Å². The molecule has 0 bridgehead atoms. The van der Waals surface area contributed by atoms with E-state index in [0.717, 1.165) is 37.9 Å². The Balaban J connectivity index is 1.42. The van der Waals surface area contributed by atoms with Crippen molar-refractivity contribution < 1.29 is 9.90 Å². The zero-order chi connectivity index (χ0) is 17.6. The van der Waals surface area contributed by atoms with Gasteiger partial charge in [-0.25, -0.2) is 0 Å². The summed E-state index contributed by atoms with van der Waals surface area (Å²) < 4.78 is 0. The lowest BCUT2D eigenvalue weighted by Crippen LogP contribution is -2.47. The van der Waals surface area contributed by atoms with Gasteiger partial charge < -0.3 is 10.4 Å². The minimum atomic E-state index is -0.389. The van der Waals surface area contributed by atoms with Crippen LogP contribution >= 0.6 is 0 Å². The third-order valence-corrected chi connectivity index (χ3v) is 6.04. The van der Waals surface area contributed by atoms with E-state index in [0.29, 0.717) is 24.4 Å². The number of rotatable bonds is 5. The molecule has 4 heteroatoms. The molecule has 1 saturated carbocycles. The molecule has 3 rings (SSSR count). The number of amides is 1. The van der Waals surface area contributed by atoms with Crippen molar-refractivity contribution >= 4 is 5.91 Å². The van der Waals surface area contributed by atoms with Gasteiger partial charge in [-0.1, -0.05) is 50.1 Å². The standard InChI is InChI=1S/C21H32N2O2/c1-16-7-5-6-10-19(16)22-20(24)15-23-13-11-18(12-14-23)21(25)17-8-3-2-4-9-17/h2-4,8-9,16,18-19,21,25H,5-7,10-15H2,1H3,(H,22,24). The van der Waals surface area contributed by atoms with E-state index in [1.807, 2.05) is 30.3 Å². The van der Waals surface area contributed by atoms with E-state index in [9.17, 15) is 9.90 Å². The van der Waals surface area contributed by atoms with Crippen molar-refractivity contribution in [3.63, 3.8) is 0 Å². The number of hydrogen-bond donors (Lipinski definition) is 2. The molecule has 1 aliphatic heterocycles. The van der Waals surface area contributed by atoms with Gasteiger partial charge in [0.25, 0.3) is 0 Å². The molecule has 138 valence electrons. The Morgan fingerprint density at radius 2 is 1.84 bits per heavy atom. The first-order valence-corrected chi connectivity index (χ1v) is 9.88. The monoisotopic (exact) mass is 344 g/mol. The molecule has 25 heavy (non-hydrogen) atoms. The second-order valence-corrected chi connectivity index (χ2v) is 7.90. The molecule has 0 radical (unpaired) electrons. The lowest BCUT2D eigenvalue weighted by molar-refractivity contribution is -0.124. The van der Waals surface area contributed by atoms with Crippen LogP contribution in [-0.2, 0) is 4.79 Å². The normalized spacial score (nSPS) is 27.0. The Bertz CT molecular complexity index is 540. The van der Waals surface area contributed by atoms with Gasteiger partial charge in [-0.15, -0.1) is 0 Å². The number of nitrogens with one attached hydrogen (secondary N) is 1. The van der Waals surface area contributed by atoms with Gasteiger partial charge in [-0.05, 0) is 56.2 Å². The topological polar surface area (TPSA) is 52.6 Å². The van der Waals surface area contributed by atoms with Crippen LogP contribution in [0.3, 0.4) is 0 Å². The third-order valence-electron chi connectivity index (χ3n) is 6.04. The molecule has 1 aromatic carbocycles. The molecule has 3 atom stereocenters. The minimum Gasteiger partial charge on any atom is -0.388 e. The van der Waals surface area contributed by atoms with Crippen molar-refractivity contribution in [2.24, 2.45) is 11.8 Å². The van der Waals surface area contributed by atoms with Crippen molar-refractivity contribution in [2.45, 2.75) is 57.6 Å². The smallest absolute Gasteiger partial charge is 0.234 e. The van der Waals surface area contributed by atoms with Crippen LogP contribution in [0.1, 0.15) is 57.1 Å². The molecule has 1 heterocycles. The van der Waals surface area contributed by atoms with E-state index in [1.54, 1.807) is 0 Å². The predicted molar refractivity (Wildman–Crippen MR) is 100 cm³/mol. The number of likely N-dealkylation sites (tertiary alicyclic amines) is 1. The maximum Gasteiger partial charge on any atom is 0.234 e. The van der Waals surface area contributed by atoms with Crippen molar-refractivity contribution in [1.29, 1.82) is 0 Å². The summed E-state index contributed by atoms with van der Waals surface area (Å²) in [5.41, 5.74) is 1.00. The SMILES string of the molecule is CC1CCCCC1NC(=O)CN1CCC(C(O)c2ccccc2)CC1. The van der Waals surface area contributed by atoms with E-state index in [4.69, 9.17) is 0 Å². The zero-order valence-corrected chi connectivity index (χ0v) is 15.4. The summed E-state index contributed by atoms with van der Waals surface area (Å²) in [4.78, 5) is 14.6. The molecule has 2 fully saturated rings. The summed E-state index contributed by atoms with van der Waals surface area (Å²) in [6.45, 7) is 4.53. The Morgan fingerprint density at radius 1 is 1.16 bits per heavy atom. The van der Waals surface area contributed by atoms with Crippen molar-refractivity contribution in [1.82, 2.24) is 10.2 Å². The number of piperidine rings is 1. The molecule has 1 aromatic rings. The number of carbonyl (C=O) groups is 1. The minimum absolute atomic E-state index is 0.167. The first-order valence-electron chi connectivity index (χ1n) is 9.88. The number of benzene rings is 1. The van der Waals surface area contributed by atoms with E-state index in [-0.39, 0.29) is 12.0 Å². The van der Waals surface area contributed by atoms with E-state index in [1.165, 1.54) is 19.3 Å². The number of hydrogen-bond acceptors (Lipinski definition) is 3. The van der Waals surface area contributed by atoms with E-state index in [2.05, 4.69) is 17.1 Å². The Morgan fingerprint density at radius 3 is 2.52 bits per heavy atom. The molecule has 2 aliphatic rings. The molecule has 3 unspecified atom stereocenters. The summed E-state index contributed by atoms with van der Waals surface area (Å²) in [6, 6.07) is 10.3. The maximum absolute atomic E-state index is 12.4. The Labute approximate surface area is 151 Å². The second kappa shape index (κ2) is 8.81. The van der Waals surface area contributed by atoms with Gasteiger partial charge >= 0.3 is 0 Å². The number of nitrogens with zero attached hydrogens (tertiary/aromatic N) is 1. The fraction of sp³-hybridized carbons (Fsp3) is 0.667. The van der Waals surface area contributed by atoms with Crippen molar-refractivity contribution in [2.75, 3.05) is 19.6 Å². The lowest BCUT2D eigenvalue weighted by atomic mass is 9.86. The summed E-state index contributed by atoms with van der Waals surface area (Å²) in [6.07, 6.45) is 6.39. The molecule has 1 aliphatic carbocycles. The highest BCUT2D eigenvalue weighted by molar-refractivity contribution is 5.78. The average molecular weight is 344 g/mol. The lowest BCUT2D eigenvalue weighted by Gasteiger charge is -2.35. The molecule has 0 spiro atoms. The molecule has 4 nitrogen and oxygen atoms in total. The first kappa shape index (κ1) is 18.4. The second-order valence-electron chi connectivity index (χ2n) is 7.90. The largest absolute Gasteiger partial charge is 0.388 e. The van der Waals surface area contributed by atoms with Gasteiger partial charge in [-0.3, -0.25) is 9.69 Å². The highest BCUT2D eigenvalue weighted by Crippen LogP contribution is 2.30. The number of carbonyl (C=O) groups excluding carboxylic acids is 1. The van der Waals surface area contributed by atoms with E-state index >= 15 is 0 Å². The van der Waals surface area contributed by atoms with Crippen LogP contribution in [0.15, 0.2) is 30.3 Å². The van der Waals surface area contributed by atoms with Crippen LogP contribution in [0.25, 0.3) is 0 Å². The average Bonchev–Trinajstić information content (AvgIpc) is 2.64. The zero-order valence-electron chi connectivity index (χ0n) is 15.4.